The van der Waals surface area contributed by atoms with Gasteiger partial charge in [-0.3, -0.25) is 4.79 Å². The SMILES string of the molecule is Cc1csc(CNC(=O)CCc2cccc(N)c2)n1. The number of nitrogens with one attached hydrogen (secondary N) is 1. The number of amides is 1. The van der Waals surface area contributed by atoms with Crippen molar-refractivity contribution in [2.24, 2.45) is 0 Å². The Morgan fingerprint density at radius 3 is 3.00 bits per heavy atom. The van der Waals surface area contributed by atoms with E-state index in [0.717, 1.165) is 22.0 Å². The Morgan fingerprint density at radius 2 is 2.32 bits per heavy atom. The molecule has 0 aliphatic carbocycles. The van der Waals surface area contributed by atoms with Crippen LogP contribution in [-0.2, 0) is 17.8 Å². The lowest BCUT2D eigenvalue weighted by Gasteiger charge is -2.04. The molecule has 4 nitrogen and oxygen atoms in total. The number of benzene rings is 1. The maximum Gasteiger partial charge on any atom is 0.220 e. The Kier molecular flexibility index (Phi) is 4.52. The fourth-order valence-corrected chi connectivity index (χ4v) is 2.46. The second-order valence-electron chi connectivity index (χ2n) is 4.40. The topological polar surface area (TPSA) is 68.0 Å². The van der Waals surface area contributed by atoms with Crippen molar-refractivity contribution in [1.82, 2.24) is 10.3 Å². The fourth-order valence-electron chi connectivity index (χ4n) is 1.75. The molecule has 0 radical (unpaired) electrons. The van der Waals surface area contributed by atoms with Gasteiger partial charge in [0.2, 0.25) is 5.91 Å². The quantitative estimate of drug-likeness (QED) is 0.823. The van der Waals surface area contributed by atoms with Gasteiger partial charge in [0.05, 0.1) is 6.54 Å². The Hall–Kier alpha value is -1.88. The molecule has 19 heavy (non-hydrogen) atoms. The second-order valence-corrected chi connectivity index (χ2v) is 5.35. The molecule has 0 fully saturated rings. The van der Waals surface area contributed by atoms with Crippen LogP contribution < -0.4 is 11.1 Å². The number of hydrogen-bond donors (Lipinski definition) is 2. The molecule has 100 valence electrons. The van der Waals surface area contributed by atoms with E-state index >= 15 is 0 Å². The van der Waals surface area contributed by atoms with Gasteiger partial charge in [-0.25, -0.2) is 4.98 Å². The number of carbonyl (C=O) groups excluding carboxylic acids is 1. The molecular weight excluding hydrogens is 258 g/mol. The standard InChI is InChI=1S/C14H17N3OS/c1-10-9-19-14(17-10)8-16-13(18)6-5-11-3-2-4-12(15)7-11/h2-4,7,9H,5-6,8,15H2,1H3,(H,16,18). The minimum Gasteiger partial charge on any atom is -0.399 e. The molecule has 3 N–H and O–H groups in total. The summed E-state index contributed by atoms with van der Waals surface area (Å²) < 4.78 is 0. The van der Waals surface area contributed by atoms with Gasteiger partial charge in [-0.15, -0.1) is 11.3 Å². The molecule has 1 aromatic carbocycles. The third kappa shape index (κ3) is 4.37. The summed E-state index contributed by atoms with van der Waals surface area (Å²) in [7, 11) is 0. The number of rotatable bonds is 5. The minimum atomic E-state index is 0.0373. The van der Waals surface area contributed by atoms with Crippen molar-refractivity contribution < 1.29 is 4.79 Å². The summed E-state index contributed by atoms with van der Waals surface area (Å²) in [5.74, 6) is 0.0373. The normalized spacial score (nSPS) is 10.4. The highest BCUT2D eigenvalue weighted by Gasteiger charge is 2.04. The third-order valence-corrected chi connectivity index (χ3v) is 3.66. The molecule has 0 aliphatic rings. The number of hydrogen-bond acceptors (Lipinski definition) is 4. The largest absolute Gasteiger partial charge is 0.399 e. The molecule has 2 aromatic rings. The molecule has 0 aliphatic heterocycles. The van der Waals surface area contributed by atoms with Crippen molar-refractivity contribution in [3.63, 3.8) is 0 Å². The lowest BCUT2D eigenvalue weighted by atomic mass is 10.1. The van der Waals surface area contributed by atoms with Crippen LogP contribution in [0.25, 0.3) is 0 Å². The fraction of sp³-hybridized carbons (Fsp3) is 0.286. The van der Waals surface area contributed by atoms with Crippen LogP contribution >= 0.6 is 11.3 Å². The molecule has 0 atom stereocenters. The van der Waals surface area contributed by atoms with Crippen molar-refractivity contribution in [3.8, 4) is 0 Å². The molecular formula is C14H17N3OS. The summed E-state index contributed by atoms with van der Waals surface area (Å²) in [5, 5.41) is 5.79. The van der Waals surface area contributed by atoms with E-state index in [1.165, 1.54) is 0 Å². The Labute approximate surface area is 116 Å². The van der Waals surface area contributed by atoms with Crippen molar-refractivity contribution in [2.75, 3.05) is 5.73 Å². The van der Waals surface area contributed by atoms with E-state index in [1.54, 1.807) is 11.3 Å². The van der Waals surface area contributed by atoms with Gasteiger partial charge in [0.1, 0.15) is 5.01 Å². The summed E-state index contributed by atoms with van der Waals surface area (Å²) in [6.45, 7) is 2.45. The number of aryl methyl sites for hydroxylation is 2. The van der Waals surface area contributed by atoms with Crippen molar-refractivity contribution in [3.05, 3.63) is 45.9 Å². The van der Waals surface area contributed by atoms with Crippen LogP contribution in [0.15, 0.2) is 29.6 Å². The molecule has 0 unspecified atom stereocenters. The van der Waals surface area contributed by atoms with Gasteiger partial charge in [-0.2, -0.15) is 0 Å². The highest BCUT2D eigenvalue weighted by Crippen LogP contribution is 2.10. The molecule has 0 saturated heterocycles. The van der Waals surface area contributed by atoms with Gasteiger partial charge in [0.25, 0.3) is 0 Å². The first kappa shape index (κ1) is 13.5. The summed E-state index contributed by atoms with van der Waals surface area (Å²) in [5.41, 5.74) is 8.51. The van der Waals surface area contributed by atoms with Crippen LogP contribution in [0.5, 0.6) is 0 Å². The van der Waals surface area contributed by atoms with Gasteiger partial charge < -0.3 is 11.1 Å². The number of thiazole rings is 1. The Balaban J connectivity index is 1.75. The van der Waals surface area contributed by atoms with E-state index in [1.807, 2.05) is 36.6 Å². The second kappa shape index (κ2) is 6.33. The van der Waals surface area contributed by atoms with Crippen molar-refractivity contribution in [1.29, 1.82) is 0 Å². The van der Waals surface area contributed by atoms with Crippen molar-refractivity contribution in [2.45, 2.75) is 26.3 Å². The van der Waals surface area contributed by atoms with E-state index < -0.39 is 0 Å². The predicted octanol–water partition coefficient (Wildman–Crippen LogP) is 2.28. The summed E-state index contributed by atoms with van der Waals surface area (Å²) in [6.07, 6.45) is 1.17. The molecule has 1 heterocycles. The zero-order valence-electron chi connectivity index (χ0n) is 10.8. The molecule has 1 amide bonds. The van der Waals surface area contributed by atoms with Crippen LogP contribution in [0, 0.1) is 6.92 Å². The zero-order valence-corrected chi connectivity index (χ0v) is 11.7. The smallest absolute Gasteiger partial charge is 0.220 e. The van der Waals surface area contributed by atoms with Crippen LogP contribution in [0.2, 0.25) is 0 Å². The first-order chi connectivity index (χ1) is 9.13. The highest BCUT2D eigenvalue weighted by atomic mass is 32.1. The summed E-state index contributed by atoms with van der Waals surface area (Å²) >= 11 is 1.57. The molecule has 5 heteroatoms. The van der Waals surface area contributed by atoms with E-state index in [0.29, 0.717) is 19.4 Å². The summed E-state index contributed by atoms with van der Waals surface area (Å²) in [4.78, 5) is 16.0. The molecule has 1 aromatic heterocycles. The molecule has 0 spiro atoms. The van der Waals surface area contributed by atoms with E-state index in [9.17, 15) is 4.79 Å². The van der Waals surface area contributed by atoms with Gasteiger partial charge >= 0.3 is 0 Å². The zero-order chi connectivity index (χ0) is 13.7. The Bertz CT molecular complexity index is 565. The number of nitrogen functional groups attached to an aromatic ring is 1. The lowest BCUT2D eigenvalue weighted by molar-refractivity contribution is -0.121. The molecule has 2 rings (SSSR count). The maximum atomic E-state index is 11.7. The third-order valence-electron chi connectivity index (χ3n) is 2.70. The van der Waals surface area contributed by atoms with Crippen molar-refractivity contribution >= 4 is 22.9 Å². The number of nitrogens with two attached hydrogens (primary N) is 1. The Morgan fingerprint density at radius 1 is 1.47 bits per heavy atom. The van der Waals surface area contributed by atoms with Crippen LogP contribution in [0.4, 0.5) is 5.69 Å². The van der Waals surface area contributed by atoms with E-state index in [4.69, 9.17) is 5.73 Å². The molecule has 0 saturated carbocycles. The average Bonchev–Trinajstić information content (AvgIpc) is 2.80. The minimum absolute atomic E-state index is 0.0373. The lowest BCUT2D eigenvalue weighted by Crippen LogP contribution is -2.22. The van der Waals surface area contributed by atoms with Gasteiger partial charge in [0.15, 0.2) is 0 Å². The maximum absolute atomic E-state index is 11.7. The number of anilines is 1. The first-order valence-electron chi connectivity index (χ1n) is 6.15. The molecule has 0 bridgehead atoms. The first-order valence-corrected chi connectivity index (χ1v) is 7.03. The number of carbonyl (C=O) groups is 1. The van der Waals surface area contributed by atoms with Gasteiger partial charge in [-0.1, -0.05) is 12.1 Å². The average molecular weight is 275 g/mol. The predicted molar refractivity (Wildman–Crippen MR) is 77.9 cm³/mol. The van der Waals surface area contributed by atoms with E-state index in [2.05, 4.69) is 10.3 Å². The van der Waals surface area contributed by atoms with Crippen LogP contribution in [-0.4, -0.2) is 10.9 Å². The van der Waals surface area contributed by atoms with Crippen LogP contribution in [0.1, 0.15) is 22.7 Å². The number of nitrogens with zero attached hydrogens (tertiary/aromatic N) is 1. The van der Waals surface area contributed by atoms with E-state index in [-0.39, 0.29) is 5.91 Å². The monoisotopic (exact) mass is 275 g/mol. The highest BCUT2D eigenvalue weighted by molar-refractivity contribution is 7.09. The number of aromatic nitrogens is 1. The van der Waals surface area contributed by atoms with Gasteiger partial charge in [-0.05, 0) is 31.0 Å². The summed E-state index contributed by atoms with van der Waals surface area (Å²) in [6, 6.07) is 7.63. The van der Waals surface area contributed by atoms with Gasteiger partial charge in [0, 0.05) is 23.2 Å². The van der Waals surface area contributed by atoms with Crippen LogP contribution in [0.3, 0.4) is 0 Å².